The highest BCUT2D eigenvalue weighted by molar-refractivity contribution is 6.32. The van der Waals surface area contributed by atoms with Gasteiger partial charge in [0, 0.05) is 84.3 Å². The third-order valence-corrected chi connectivity index (χ3v) is 15.2. The summed E-state index contributed by atoms with van der Waals surface area (Å²) in [6.45, 7) is 2.36. The fourth-order valence-electron chi connectivity index (χ4n) is 10.7. The first-order valence-electron chi connectivity index (χ1n) is 26.2. The number of aliphatic imine (C=N–C) groups is 1. The van der Waals surface area contributed by atoms with Crippen LogP contribution in [-0.4, -0.2) is 109 Å². The molecule has 2 aromatic heterocycles. The summed E-state index contributed by atoms with van der Waals surface area (Å²) < 4.78 is 38.0. The molecule has 6 aromatic rings. The highest BCUT2D eigenvalue weighted by Crippen LogP contribution is 2.41. The quantitative estimate of drug-likeness (QED) is 0.0373. The SMILES string of the molecule is COc1cc(Cc2ncc3c(n2)-c2ccc(Cl)cc2C(c2c(F)cccc2OC)=NC3)ccc1C(=O)CCCOCCOCCNC(=O)CC(=O)N1C[C@H](CC2CCCC2)N(c2ncc(Cl)cc2N)[C@H](c2ccc(Cl)cc2)C1. The Hall–Kier alpha value is -6.69. The van der Waals surface area contributed by atoms with Gasteiger partial charge in [0.1, 0.15) is 29.6 Å². The van der Waals surface area contributed by atoms with Crippen LogP contribution in [0.3, 0.4) is 0 Å². The number of nitrogen functional groups attached to an aromatic ring is 1. The molecule has 3 N–H and O–H groups in total. The number of carbonyl (C=O) groups excluding carboxylic acids is 3. The van der Waals surface area contributed by atoms with E-state index in [9.17, 15) is 14.4 Å². The van der Waals surface area contributed by atoms with E-state index in [2.05, 4.69) is 15.2 Å². The zero-order valence-electron chi connectivity index (χ0n) is 43.6. The van der Waals surface area contributed by atoms with Crippen molar-refractivity contribution < 1.29 is 37.7 Å². The van der Waals surface area contributed by atoms with Crippen molar-refractivity contribution in [2.75, 3.05) is 70.9 Å². The number of piperazine rings is 1. The average Bonchev–Trinajstić information content (AvgIpc) is 3.94. The number of hydrogen-bond donors (Lipinski definition) is 2. The number of hydrogen-bond acceptors (Lipinski definition) is 13. The normalized spacial score (nSPS) is 16.3. The lowest BCUT2D eigenvalue weighted by molar-refractivity contribution is -0.137. The van der Waals surface area contributed by atoms with Gasteiger partial charge in [-0.3, -0.25) is 19.4 Å². The lowest BCUT2D eigenvalue weighted by Crippen LogP contribution is -2.57. The molecule has 0 radical (unpaired) electrons. The number of pyridine rings is 1. The fraction of sp³-hybridized carbons (Fsp3) is 0.373. The Morgan fingerprint density at radius 2 is 1.58 bits per heavy atom. The second kappa shape index (κ2) is 26.3. The van der Waals surface area contributed by atoms with Crippen molar-refractivity contribution in [3.8, 4) is 22.8 Å². The Labute approximate surface area is 468 Å². The molecule has 4 aromatic carbocycles. The number of amides is 2. The van der Waals surface area contributed by atoms with Gasteiger partial charge in [0.25, 0.3) is 0 Å². The van der Waals surface area contributed by atoms with Gasteiger partial charge in [-0.25, -0.2) is 19.3 Å². The number of anilines is 2. The molecule has 1 saturated carbocycles. The Balaban J connectivity index is 0.711. The molecule has 9 rings (SSSR count). The Kier molecular flexibility index (Phi) is 18.9. The summed E-state index contributed by atoms with van der Waals surface area (Å²) in [5, 5.41) is 4.34. The predicted octanol–water partition coefficient (Wildman–Crippen LogP) is 10.7. The molecule has 2 fully saturated rings. The first-order valence-corrected chi connectivity index (χ1v) is 27.4. The summed E-state index contributed by atoms with van der Waals surface area (Å²) in [5.41, 5.74) is 12.7. The van der Waals surface area contributed by atoms with Gasteiger partial charge in [-0.15, -0.1) is 0 Å². The van der Waals surface area contributed by atoms with Crippen LogP contribution in [0.25, 0.3) is 11.3 Å². The Morgan fingerprint density at radius 1 is 0.808 bits per heavy atom. The first kappa shape index (κ1) is 56.0. The van der Waals surface area contributed by atoms with Crippen molar-refractivity contribution >= 4 is 69.6 Å². The number of fused-ring (bicyclic) bond motifs is 3. The number of nitrogens with two attached hydrogens (primary N) is 1. The first-order chi connectivity index (χ1) is 37.9. The van der Waals surface area contributed by atoms with Crippen LogP contribution < -0.4 is 25.4 Å². The van der Waals surface area contributed by atoms with Gasteiger partial charge < -0.3 is 39.8 Å². The van der Waals surface area contributed by atoms with E-state index in [1.807, 2.05) is 42.5 Å². The molecule has 19 heteroatoms. The van der Waals surface area contributed by atoms with Crippen molar-refractivity contribution in [1.29, 1.82) is 0 Å². The number of nitrogens with one attached hydrogen (secondary N) is 1. The number of nitrogens with zero attached hydrogens (tertiary/aromatic N) is 6. The van der Waals surface area contributed by atoms with E-state index in [0.717, 1.165) is 41.5 Å². The molecule has 2 atom stereocenters. The smallest absolute Gasteiger partial charge is 0.232 e. The number of rotatable bonds is 22. The molecule has 0 bridgehead atoms. The van der Waals surface area contributed by atoms with Crippen LogP contribution >= 0.6 is 34.8 Å². The van der Waals surface area contributed by atoms with Gasteiger partial charge in [0.05, 0.1) is 79.9 Å². The Morgan fingerprint density at radius 3 is 2.35 bits per heavy atom. The summed E-state index contributed by atoms with van der Waals surface area (Å²) in [5.74, 6) is 1.27. The van der Waals surface area contributed by atoms with E-state index in [4.69, 9.17) is 74.4 Å². The minimum atomic E-state index is -0.468. The molecule has 15 nitrogen and oxygen atoms in total. The number of halogens is 4. The van der Waals surface area contributed by atoms with Crippen LogP contribution in [0.2, 0.25) is 15.1 Å². The highest BCUT2D eigenvalue weighted by atomic mass is 35.5. The molecule has 408 valence electrons. The van der Waals surface area contributed by atoms with E-state index in [-0.39, 0.29) is 74.4 Å². The minimum Gasteiger partial charge on any atom is -0.496 e. The summed E-state index contributed by atoms with van der Waals surface area (Å²) in [4.78, 5) is 63.5. The van der Waals surface area contributed by atoms with Gasteiger partial charge in [-0.05, 0) is 84.5 Å². The molecule has 2 amide bonds. The third kappa shape index (κ3) is 13.6. The van der Waals surface area contributed by atoms with Gasteiger partial charge in [-0.1, -0.05) is 90.8 Å². The number of methoxy groups -OCH3 is 2. The largest absolute Gasteiger partial charge is 0.496 e. The van der Waals surface area contributed by atoms with E-state index < -0.39 is 5.82 Å². The fourth-order valence-corrected chi connectivity index (χ4v) is 11.2. The van der Waals surface area contributed by atoms with Crippen LogP contribution in [0.5, 0.6) is 11.5 Å². The summed E-state index contributed by atoms with van der Waals surface area (Å²) >= 11 is 19.1. The molecule has 0 unspecified atom stereocenters. The molecule has 1 saturated heterocycles. The van der Waals surface area contributed by atoms with Crippen molar-refractivity contribution in [3.63, 3.8) is 0 Å². The lowest BCUT2D eigenvalue weighted by atomic mass is 9.91. The van der Waals surface area contributed by atoms with E-state index in [0.29, 0.717) is 111 Å². The van der Waals surface area contributed by atoms with Gasteiger partial charge in [0.15, 0.2) is 11.6 Å². The maximum Gasteiger partial charge on any atom is 0.232 e. The molecule has 4 heterocycles. The molecule has 0 spiro atoms. The number of Topliss-reactive ketones (excluding diaryl/α,β-unsaturated/α-hetero) is 1. The molecule has 3 aliphatic rings. The van der Waals surface area contributed by atoms with Crippen molar-refractivity contribution in [2.24, 2.45) is 10.9 Å². The topological polar surface area (TPSA) is 184 Å². The zero-order valence-corrected chi connectivity index (χ0v) is 45.9. The van der Waals surface area contributed by atoms with Crippen LogP contribution in [-0.2, 0) is 32.0 Å². The number of carbonyl (C=O) groups is 3. The number of ketones is 1. The maximum atomic E-state index is 15.4. The number of aromatic nitrogens is 3. The summed E-state index contributed by atoms with van der Waals surface area (Å²) in [6, 6.07) is 24.4. The lowest BCUT2D eigenvalue weighted by Gasteiger charge is -2.48. The van der Waals surface area contributed by atoms with E-state index in [1.165, 1.54) is 33.1 Å². The highest BCUT2D eigenvalue weighted by Gasteiger charge is 2.40. The van der Waals surface area contributed by atoms with Crippen LogP contribution in [0, 0.1) is 11.7 Å². The standard InChI is InChI=1S/C59H62Cl3FN8O7/c1-75-51-11-5-9-47(63)56(51)58-46-28-41(61)17-19-44(46)57-39(32-67-58)31-66-53(69-57)27-37-12-18-45(52(26-37)76-2)50(72)10-6-21-77-23-24-78-22-20-65-54(73)30-55(74)70-34-43(25-36-7-3-4-8-36)71(59-48(64)29-42(62)33-68-59)49(35-70)38-13-15-40(60)16-14-38/h5,9,11-19,26,28-29,31,33,36,43,49H,3-4,6-8,10,20-25,27,30,32,34-35,64H2,1-2H3,(H,65,73)/t43-,49-/m0/s1. The van der Waals surface area contributed by atoms with Crippen molar-refractivity contribution in [1.82, 2.24) is 25.2 Å². The average molecular weight is 1120 g/mol. The number of ether oxygens (including phenoxy) is 4. The molecule has 1 aliphatic carbocycles. The van der Waals surface area contributed by atoms with E-state index >= 15 is 4.39 Å². The molecular formula is C59H62Cl3FN8O7. The van der Waals surface area contributed by atoms with Gasteiger partial charge in [-0.2, -0.15) is 0 Å². The minimum absolute atomic E-state index is 0.0840. The predicted molar refractivity (Wildman–Crippen MR) is 301 cm³/mol. The van der Waals surface area contributed by atoms with Gasteiger partial charge >= 0.3 is 0 Å². The Bertz CT molecular complexity index is 3160. The van der Waals surface area contributed by atoms with E-state index in [1.54, 1.807) is 53.7 Å². The second-order valence-corrected chi connectivity index (χ2v) is 21.0. The third-order valence-electron chi connectivity index (χ3n) is 14.5. The molecule has 78 heavy (non-hydrogen) atoms. The van der Waals surface area contributed by atoms with Crippen LogP contribution in [0.1, 0.15) is 101 Å². The zero-order chi connectivity index (χ0) is 54.7. The molecular weight excluding hydrogens is 1060 g/mol. The van der Waals surface area contributed by atoms with Crippen LogP contribution in [0.15, 0.2) is 102 Å². The maximum absolute atomic E-state index is 15.4. The monoisotopic (exact) mass is 1120 g/mol. The van der Waals surface area contributed by atoms with Crippen molar-refractivity contribution in [2.45, 2.75) is 76.4 Å². The summed E-state index contributed by atoms with van der Waals surface area (Å²) in [6.07, 6.45) is 9.60. The number of benzene rings is 4. The summed E-state index contributed by atoms with van der Waals surface area (Å²) in [7, 11) is 3.02. The van der Waals surface area contributed by atoms with Crippen LogP contribution in [0.4, 0.5) is 15.9 Å². The molecule has 2 aliphatic heterocycles. The second-order valence-electron chi connectivity index (χ2n) is 19.7. The van der Waals surface area contributed by atoms with Crippen molar-refractivity contribution in [3.05, 3.63) is 157 Å². The van der Waals surface area contributed by atoms with Gasteiger partial charge in [0.2, 0.25) is 11.8 Å².